The highest BCUT2D eigenvalue weighted by atomic mass is 16.5. The van der Waals surface area contributed by atoms with Gasteiger partial charge in [0, 0.05) is 5.56 Å². The molecule has 0 spiro atoms. The zero-order valence-electron chi connectivity index (χ0n) is 16.0. The lowest BCUT2D eigenvalue weighted by Crippen LogP contribution is -2.41. The molecule has 144 valence electrons. The number of carbonyl (C=O) groups excluding carboxylic acids is 2. The summed E-state index contributed by atoms with van der Waals surface area (Å²) >= 11 is 0. The topological polar surface area (TPSA) is 76.7 Å². The fourth-order valence-electron chi connectivity index (χ4n) is 2.21. The molecule has 2 aromatic carbocycles. The Labute approximate surface area is 159 Å². The van der Waals surface area contributed by atoms with Gasteiger partial charge in [-0.2, -0.15) is 0 Å². The standard InChI is InChI=1S/C21H26N2O4/c1-4-13-26-19-8-6-5-7-18(19)21(25)23-22-20(24)16-9-11-17(12-10-16)27-14-15(2)3/h5-12,15H,4,13-14H2,1-3H3,(H,22,24)(H,23,25). The van der Waals surface area contributed by atoms with Crippen molar-refractivity contribution in [1.29, 1.82) is 0 Å². The van der Waals surface area contributed by atoms with Gasteiger partial charge in [-0.15, -0.1) is 0 Å². The van der Waals surface area contributed by atoms with Gasteiger partial charge in [-0.1, -0.05) is 32.9 Å². The van der Waals surface area contributed by atoms with Crippen molar-refractivity contribution in [2.45, 2.75) is 27.2 Å². The molecule has 2 rings (SSSR count). The highest BCUT2D eigenvalue weighted by Crippen LogP contribution is 2.18. The predicted octanol–water partition coefficient (Wildman–Crippen LogP) is 3.59. The number of nitrogens with one attached hydrogen (secondary N) is 2. The van der Waals surface area contributed by atoms with Crippen LogP contribution >= 0.6 is 0 Å². The van der Waals surface area contributed by atoms with Crippen molar-refractivity contribution in [3.63, 3.8) is 0 Å². The summed E-state index contributed by atoms with van der Waals surface area (Å²) in [5, 5.41) is 0. The van der Waals surface area contributed by atoms with Crippen LogP contribution in [0.3, 0.4) is 0 Å². The molecule has 0 atom stereocenters. The molecule has 2 aromatic rings. The third-order valence-electron chi connectivity index (χ3n) is 3.58. The minimum atomic E-state index is -0.438. The summed E-state index contributed by atoms with van der Waals surface area (Å²) in [7, 11) is 0. The zero-order chi connectivity index (χ0) is 19.6. The fraction of sp³-hybridized carbons (Fsp3) is 0.333. The van der Waals surface area contributed by atoms with E-state index < -0.39 is 11.8 Å². The summed E-state index contributed by atoms with van der Waals surface area (Å²) in [5.74, 6) is 0.758. The largest absolute Gasteiger partial charge is 0.493 e. The van der Waals surface area contributed by atoms with Crippen LogP contribution in [0.15, 0.2) is 48.5 Å². The Morgan fingerprint density at radius 1 is 0.926 bits per heavy atom. The molecule has 0 aliphatic carbocycles. The average Bonchev–Trinajstić information content (AvgIpc) is 2.69. The Bertz CT molecular complexity index is 757. The second-order valence-corrected chi connectivity index (χ2v) is 6.48. The minimum Gasteiger partial charge on any atom is -0.493 e. The molecule has 0 saturated carbocycles. The Morgan fingerprint density at radius 2 is 1.59 bits per heavy atom. The van der Waals surface area contributed by atoms with E-state index in [1.165, 1.54) is 0 Å². The molecule has 0 unspecified atom stereocenters. The highest BCUT2D eigenvalue weighted by Gasteiger charge is 2.13. The summed E-state index contributed by atoms with van der Waals surface area (Å²) in [5.41, 5.74) is 5.62. The van der Waals surface area contributed by atoms with E-state index in [2.05, 4.69) is 24.7 Å². The van der Waals surface area contributed by atoms with Crippen molar-refractivity contribution in [3.05, 3.63) is 59.7 Å². The highest BCUT2D eigenvalue weighted by molar-refractivity contribution is 6.00. The smallest absolute Gasteiger partial charge is 0.273 e. The number of hydrogen-bond donors (Lipinski definition) is 2. The van der Waals surface area contributed by atoms with Crippen LogP contribution in [0.5, 0.6) is 11.5 Å². The number of hydrogen-bond acceptors (Lipinski definition) is 4. The van der Waals surface area contributed by atoms with Crippen LogP contribution in [0.2, 0.25) is 0 Å². The monoisotopic (exact) mass is 370 g/mol. The Kier molecular flexibility index (Phi) is 7.67. The van der Waals surface area contributed by atoms with Crippen LogP contribution in [-0.2, 0) is 0 Å². The van der Waals surface area contributed by atoms with Crippen LogP contribution < -0.4 is 20.3 Å². The molecule has 2 N–H and O–H groups in total. The third-order valence-corrected chi connectivity index (χ3v) is 3.58. The Hall–Kier alpha value is -3.02. The number of amides is 2. The molecule has 0 saturated heterocycles. The van der Waals surface area contributed by atoms with Gasteiger partial charge in [-0.25, -0.2) is 0 Å². The molecule has 0 heterocycles. The van der Waals surface area contributed by atoms with E-state index in [9.17, 15) is 9.59 Å². The molecule has 2 amide bonds. The summed E-state index contributed by atoms with van der Waals surface area (Å²) in [6, 6.07) is 13.7. The van der Waals surface area contributed by atoms with Crippen LogP contribution in [-0.4, -0.2) is 25.0 Å². The lowest BCUT2D eigenvalue weighted by Gasteiger charge is -2.12. The predicted molar refractivity (Wildman–Crippen MR) is 104 cm³/mol. The quantitative estimate of drug-likeness (QED) is 0.696. The molecule has 0 aliphatic rings. The first kappa shape index (κ1) is 20.3. The second-order valence-electron chi connectivity index (χ2n) is 6.48. The molecule has 0 radical (unpaired) electrons. The maximum atomic E-state index is 12.3. The van der Waals surface area contributed by atoms with E-state index >= 15 is 0 Å². The SMILES string of the molecule is CCCOc1ccccc1C(=O)NNC(=O)c1ccc(OCC(C)C)cc1. The normalized spacial score (nSPS) is 10.4. The third kappa shape index (κ3) is 6.33. The fourth-order valence-corrected chi connectivity index (χ4v) is 2.21. The van der Waals surface area contributed by atoms with Gasteiger partial charge in [-0.05, 0) is 48.7 Å². The van der Waals surface area contributed by atoms with Gasteiger partial charge >= 0.3 is 0 Å². The van der Waals surface area contributed by atoms with E-state index in [0.717, 1.165) is 6.42 Å². The van der Waals surface area contributed by atoms with Gasteiger partial charge in [-0.3, -0.25) is 20.4 Å². The maximum absolute atomic E-state index is 12.3. The molecular weight excluding hydrogens is 344 g/mol. The van der Waals surface area contributed by atoms with Gasteiger partial charge in [0.1, 0.15) is 11.5 Å². The minimum absolute atomic E-state index is 0.365. The number of rotatable bonds is 8. The Balaban J connectivity index is 1.92. The molecule has 0 aromatic heterocycles. The Morgan fingerprint density at radius 3 is 2.26 bits per heavy atom. The van der Waals surface area contributed by atoms with Crippen molar-refractivity contribution in [1.82, 2.24) is 10.9 Å². The summed E-state index contributed by atoms with van der Waals surface area (Å²) < 4.78 is 11.2. The van der Waals surface area contributed by atoms with Crippen molar-refractivity contribution >= 4 is 11.8 Å². The summed E-state index contributed by atoms with van der Waals surface area (Å²) in [6.07, 6.45) is 0.837. The van der Waals surface area contributed by atoms with Crippen molar-refractivity contribution < 1.29 is 19.1 Å². The lowest BCUT2D eigenvalue weighted by atomic mass is 10.2. The first-order valence-corrected chi connectivity index (χ1v) is 9.06. The van der Waals surface area contributed by atoms with Crippen LogP contribution in [0, 0.1) is 5.92 Å². The molecule has 0 bridgehead atoms. The van der Waals surface area contributed by atoms with Gasteiger partial charge in [0.15, 0.2) is 0 Å². The van der Waals surface area contributed by atoms with E-state index in [1.807, 2.05) is 6.92 Å². The van der Waals surface area contributed by atoms with Gasteiger partial charge in [0.2, 0.25) is 0 Å². The second kappa shape index (κ2) is 10.2. The van der Waals surface area contributed by atoms with Gasteiger partial charge in [0.05, 0.1) is 18.8 Å². The number of ether oxygens (including phenoxy) is 2. The van der Waals surface area contributed by atoms with Crippen molar-refractivity contribution in [2.75, 3.05) is 13.2 Å². The van der Waals surface area contributed by atoms with Crippen LogP contribution in [0.1, 0.15) is 47.9 Å². The van der Waals surface area contributed by atoms with E-state index in [1.54, 1.807) is 48.5 Å². The number of carbonyl (C=O) groups is 2. The first-order chi connectivity index (χ1) is 13.0. The molecular formula is C21H26N2O4. The average molecular weight is 370 g/mol. The molecule has 6 nitrogen and oxygen atoms in total. The maximum Gasteiger partial charge on any atom is 0.273 e. The van der Waals surface area contributed by atoms with Crippen LogP contribution in [0.25, 0.3) is 0 Å². The zero-order valence-corrected chi connectivity index (χ0v) is 16.0. The number of hydrazine groups is 1. The first-order valence-electron chi connectivity index (χ1n) is 9.06. The van der Waals surface area contributed by atoms with E-state index in [4.69, 9.17) is 9.47 Å². The summed E-state index contributed by atoms with van der Waals surface area (Å²) in [6.45, 7) is 7.25. The summed E-state index contributed by atoms with van der Waals surface area (Å²) in [4.78, 5) is 24.6. The van der Waals surface area contributed by atoms with Gasteiger partial charge < -0.3 is 9.47 Å². The number of benzene rings is 2. The molecule has 0 aliphatic heterocycles. The van der Waals surface area contributed by atoms with Gasteiger partial charge in [0.25, 0.3) is 11.8 Å². The molecule has 0 fully saturated rings. The molecule has 6 heteroatoms. The number of para-hydroxylation sites is 1. The van der Waals surface area contributed by atoms with Crippen molar-refractivity contribution in [3.8, 4) is 11.5 Å². The molecule has 27 heavy (non-hydrogen) atoms. The van der Waals surface area contributed by atoms with E-state index in [0.29, 0.717) is 41.8 Å². The van der Waals surface area contributed by atoms with Crippen molar-refractivity contribution in [2.24, 2.45) is 5.92 Å². The lowest BCUT2D eigenvalue weighted by molar-refractivity contribution is 0.0844. The van der Waals surface area contributed by atoms with Crippen LogP contribution in [0.4, 0.5) is 0 Å². The van der Waals surface area contributed by atoms with E-state index in [-0.39, 0.29) is 0 Å².